The molecule has 3 N–H and O–H groups in total. The van der Waals surface area contributed by atoms with Gasteiger partial charge >= 0.3 is 11.9 Å². The molecule has 0 aliphatic heterocycles. The minimum absolute atomic E-state index is 0.0755. The predicted molar refractivity (Wildman–Crippen MR) is 57.4 cm³/mol. The topological polar surface area (TPSA) is 138 Å². The number of rotatable bonds is 6. The number of carbonyl (C=O) groups is 2. The van der Waals surface area contributed by atoms with Crippen LogP contribution in [0.3, 0.4) is 0 Å². The van der Waals surface area contributed by atoms with E-state index in [2.05, 4.69) is 14.9 Å². The Morgan fingerprint density at radius 3 is 2.78 bits per heavy atom. The number of ether oxygens (including phenoxy) is 1. The lowest BCUT2D eigenvalue weighted by atomic mass is 10.4. The molecule has 0 aromatic carbocycles. The molecule has 9 nitrogen and oxygen atoms in total. The van der Waals surface area contributed by atoms with Gasteiger partial charge in [-0.3, -0.25) is 9.89 Å². The number of hydrogen-bond donors (Lipinski definition) is 3. The number of nitrogens with zero attached hydrogens (tertiary/aromatic N) is 1. The molecule has 1 aromatic heterocycles. The minimum atomic E-state index is -4.16. The van der Waals surface area contributed by atoms with Crippen LogP contribution >= 0.6 is 0 Å². The van der Waals surface area contributed by atoms with Crippen LogP contribution in [0.4, 0.5) is 0 Å². The molecule has 1 heterocycles. The third kappa shape index (κ3) is 3.28. The lowest BCUT2D eigenvalue weighted by molar-refractivity contribution is -0.135. The van der Waals surface area contributed by atoms with Crippen LogP contribution in [0.1, 0.15) is 17.3 Å². The van der Waals surface area contributed by atoms with Crippen LogP contribution in [0.25, 0.3) is 0 Å². The van der Waals surface area contributed by atoms with Gasteiger partial charge < -0.3 is 9.84 Å². The maximum atomic E-state index is 11.7. The van der Waals surface area contributed by atoms with E-state index in [-0.39, 0.29) is 12.2 Å². The van der Waals surface area contributed by atoms with E-state index in [9.17, 15) is 18.0 Å². The van der Waals surface area contributed by atoms with Crippen LogP contribution in [-0.2, 0) is 19.6 Å². The zero-order valence-corrected chi connectivity index (χ0v) is 10.2. The summed E-state index contributed by atoms with van der Waals surface area (Å²) in [5, 5.41) is 13.4. The minimum Gasteiger partial charge on any atom is -0.480 e. The van der Waals surface area contributed by atoms with E-state index >= 15 is 0 Å². The maximum absolute atomic E-state index is 11.7. The Hall–Kier alpha value is -1.94. The van der Waals surface area contributed by atoms with Crippen molar-refractivity contribution in [3.05, 3.63) is 11.8 Å². The number of carboxylic acids is 1. The second-order valence-electron chi connectivity index (χ2n) is 3.05. The Labute approximate surface area is 102 Å². The fourth-order valence-corrected chi connectivity index (χ4v) is 2.12. The van der Waals surface area contributed by atoms with Crippen LogP contribution in [0.15, 0.2) is 11.2 Å². The van der Waals surface area contributed by atoms with Gasteiger partial charge in [-0.05, 0) is 6.92 Å². The van der Waals surface area contributed by atoms with Gasteiger partial charge in [0.15, 0.2) is 5.03 Å². The lowest BCUT2D eigenvalue weighted by Crippen LogP contribution is -2.30. The lowest BCUT2D eigenvalue weighted by Gasteiger charge is -2.04. The monoisotopic (exact) mass is 277 g/mol. The summed E-state index contributed by atoms with van der Waals surface area (Å²) in [4.78, 5) is 21.7. The van der Waals surface area contributed by atoms with Crippen LogP contribution in [0.2, 0.25) is 0 Å². The highest BCUT2D eigenvalue weighted by atomic mass is 32.2. The number of carboxylic acid groups (broad SMARTS) is 1. The molecule has 0 amide bonds. The van der Waals surface area contributed by atoms with Crippen LogP contribution in [0.5, 0.6) is 0 Å². The summed E-state index contributed by atoms with van der Waals surface area (Å²) in [6.45, 7) is 0.838. The molecule has 10 heteroatoms. The van der Waals surface area contributed by atoms with Gasteiger partial charge in [0.05, 0.1) is 12.8 Å². The molecule has 0 bridgehead atoms. The second kappa shape index (κ2) is 5.60. The van der Waals surface area contributed by atoms with Gasteiger partial charge in [-0.15, -0.1) is 0 Å². The normalized spacial score (nSPS) is 11.2. The fourth-order valence-electron chi connectivity index (χ4n) is 1.06. The zero-order chi connectivity index (χ0) is 13.8. The third-order valence-electron chi connectivity index (χ3n) is 1.78. The molecule has 0 spiro atoms. The average Bonchev–Trinajstić information content (AvgIpc) is 2.76. The number of nitrogens with one attached hydrogen (secondary N) is 2. The largest absolute Gasteiger partial charge is 0.480 e. The van der Waals surface area contributed by atoms with Crippen molar-refractivity contribution in [2.75, 3.05) is 13.2 Å². The third-order valence-corrected chi connectivity index (χ3v) is 3.15. The molecular formula is C8H11N3O6S. The van der Waals surface area contributed by atoms with Crippen molar-refractivity contribution >= 4 is 22.0 Å². The molecule has 100 valence electrons. The molecule has 0 saturated heterocycles. The van der Waals surface area contributed by atoms with E-state index in [1.54, 1.807) is 11.6 Å². The van der Waals surface area contributed by atoms with Gasteiger partial charge in [0, 0.05) is 0 Å². The van der Waals surface area contributed by atoms with Crippen molar-refractivity contribution in [1.82, 2.24) is 14.9 Å². The predicted octanol–water partition coefficient (Wildman–Crippen LogP) is -1.05. The molecule has 0 radical (unpaired) electrons. The summed E-state index contributed by atoms with van der Waals surface area (Å²) in [5.41, 5.74) is -0.283. The summed E-state index contributed by atoms with van der Waals surface area (Å²) < 4.78 is 29.8. The van der Waals surface area contributed by atoms with Crippen molar-refractivity contribution in [2.24, 2.45) is 0 Å². The van der Waals surface area contributed by atoms with Gasteiger partial charge in [0.25, 0.3) is 10.0 Å². The molecule has 0 saturated carbocycles. The number of aromatic amines is 1. The van der Waals surface area contributed by atoms with E-state index in [0.717, 1.165) is 6.20 Å². The maximum Gasteiger partial charge on any atom is 0.342 e. The number of H-pyrrole nitrogens is 1. The standard InChI is InChI=1S/C8H11N3O6S/c1-2-17-8(14)5-3-9-11-7(5)18(15,16)10-4-6(12)13/h3,10H,2,4H2,1H3,(H,9,11)(H,12,13). The number of aliphatic carboxylic acids is 1. The van der Waals surface area contributed by atoms with Crippen molar-refractivity contribution in [2.45, 2.75) is 11.9 Å². The summed E-state index contributed by atoms with van der Waals surface area (Å²) in [7, 11) is -4.16. The van der Waals surface area contributed by atoms with Crippen LogP contribution < -0.4 is 4.72 Å². The Kier molecular flexibility index (Phi) is 4.39. The van der Waals surface area contributed by atoms with E-state index in [1.807, 2.05) is 0 Å². The average molecular weight is 277 g/mol. The smallest absolute Gasteiger partial charge is 0.342 e. The first-order valence-electron chi connectivity index (χ1n) is 4.80. The van der Waals surface area contributed by atoms with Crippen LogP contribution in [-0.4, -0.2) is 48.8 Å². The van der Waals surface area contributed by atoms with Gasteiger partial charge in [0.1, 0.15) is 12.1 Å². The van der Waals surface area contributed by atoms with E-state index in [4.69, 9.17) is 5.11 Å². The zero-order valence-electron chi connectivity index (χ0n) is 9.34. The quantitative estimate of drug-likeness (QED) is 0.564. The van der Waals surface area contributed by atoms with Crippen molar-refractivity contribution in [3.8, 4) is 0 Å². The van der Waals surface area contributed by atoms with Crippen molar-refractivity contribution in [3.63, 3.8) is 0 Å². The van der Waals surface area contributed by atoms with Gasteiger partial charge in [0.2, 0.25) is 0 Å². The summed E-state index contributed by atoms with van der Waals surface area (Å²) in [6, 6.07) is 0. The van der Waals surface area contributed by atoms with Crippen molar-refractivity contribution < 1.29 is 27.9 Å². The Morgan fingerprint density at radius 2 is 2.22 bits per heavy atom. The van der Waals surface area contributed by atoms with Gasteiger partial charge in [-0.1, -0.05) is 0 Å². The first kappa shape index (κ1) is 14.1. The molecule has 0 aliphatic rings. The Morgan fingerprint density at radius 1 is 1.56 bits per heavy atom. The summed E-state index contributed by atoms with van der Waals surface area (Å²) in [6.07, 6.45) is 0.993. The summed E-state index contributed by atoms with van der Waals surface area (Å²) >= 11 is 0. The van der Waals surface area contributed by atoms with E-state index < -0.39 is 33.5 Å². The number of sulfonamides is 1. The molecule has 1 aromatic rings. The second-order valence-corrected chi connectivity index (χ2v) is 4.76. The molecule has 0 aliphatic carbocycles. The highest BCUT2D eigenvalue weighted by Crippen LogP contribution is 2.12. The highest BCUT2D eigenvalue weighted by Gasteiger charge is 2.26. The molecule has 0 unspecified atom stereocenters. The Balaban J connectivity index is 2.99. The number of hydrogen-bond acceptors (Lipinski definition) is 6. The van der Waals surface area contributed by atoms with Crippen molar-refractivity contribution in [1.29, 1.82) is 0 Å². The Bertz CT molecular complexity index is 549. The first-order valence-corrected chi connectivity index (χ1v) is 6.28. The number of aromatic nitrogens is 2. The van der Waals surface area contributed by atoms with E-state index in [0.29, 0.717) is 0 Å². The van der Waals surface area contributed by atoms with Gasteiger partial charge in [-0.25, -0.2) is 13.2 Å². The molecular weight excluding hydrogens is 266 g/mol. The molecule has 0 atom stereocenters. The highest BCUT2D eigenvalue weighted by molar-refractivity contribution is 7.89. The van der Waals surface area contributed by atoms with Gasteiger partial charge in [-0.2, -0.15) is 9.82 Å². The molecule has 0 fully saturated rings. The first-order chi connectivity index (χ1) is 8.38. The molecule has 18 heavy (non-hydrogen) atoms. The summed E-state index contributed by atoms with van der Waals surface area (Å²) in [5.74, 6) is -2.21. The van der Waals surface area contributed by atoms with E-state index in [1.165, 1.54) is 0 Å². The SMILES string of the molecule is CCOC(=O)c1cn[nH]c1S(=O)(=O)NCC(=O)O. The fraction of sp³-hybridized carbons (Fsp3) is 0.375. The molecule has 1 rings (SSSR count). The number of carbonyl (C=O) groups excluding carboxylic acids is 1. The van der Waals surface area contributed by atoms with Crippen LogP contribution in [0, 0.1) is 0 Å². The number of esters is 1.